The van der Waals surface area contributed by atoms with Gasteiger partial charge in [-0.3, -0.25) is 9.89 Å². The number of nitrogens with one attached hydrogen (secondary N) is 1. The van der Waals surface area contributed by atoms with E-state index in [1.165, 1.54) is 6.33 Å². The van der Waals surface area contributed by atoms with Crippen LogP contribution in [-0.2, 0) is 13.1 Å². The van der Waals surface area contributed by atoms with Crippen molar-refractivity contribution in [1.29, 1.82) is 0 Å². The lowest BCUT2D eigenvalue weighted by molar-refractivity contribution is 0.0781. The topological polar surface area (TPSA) is 87.9 Å². The van der Waals surface area contributed by atoms with Crippen LogP contribution in [-0.4, -0.2) is 33.0 Å². The standard InChI is InChI=1S/C12H15N5O/c1-17(7-11-14-8-15-16-11)12(18)10-4-2-9(6-13)3-5-10/h2-5,8H,6-7,13H2,1H3,(H,14,15,16). The number of carbonyl (C=O) groups excluding carboxylic acids is 1. The van der Waals surface area contributed by atoms with Gasteiger partial charge in [0.1, 0.15) is 12.2 Å². The molecule has 0 unspecified atom stereocenters. The molecule has 3 N–H and O–H groups in total. The number of rotatable bonds is 4. The third-order valence-corrected chi connectivity index (χ3v) is 2.64. The number of amides is 1. The van der Waals surface area contributed by atoms with E-state index in [2.05, 4.69) is 15.2 Å². The van der Waals surface area contributed by atoms with Gasteiger partial charge in [0.05, 0.1) is 6.54 Å². The normalized spacial score (nSPS) is 10.3. The highest BCUT2D eigenvalue weighted by Crippen LogP contribution is 2.08. The molecular weight excluding hydrogens is 230 g/mol. The number of nitrogens with two attached hydrogens (primary N) is 1. The molecule has 0 saturated carbocycles. The predicted octanol–water partition coefficient (Wildman–Crippen LogP) is 0.536. The first kappa shape index (κ1) is 12.3. The van der Waals surface area contributed by atoms with Crippen LogP contribution >= 0.6 is 0 Å². The van der Waals surface area contributed by atoms with Crippen LogP contribution in [0.1, 0.15) is 21.7 Å². The van der Waals surface area contributed by atoms with Crippen molar-refractivity contribution < 1.29 is 4.79 Å². The van der Waals surface area contributed by atoms with Gasteiger partial charge in [0.25, 0.3) is 5.91 Å². The van der Waals surface area contributed by atoms with E-state index < -0.39 is 0 Å². The Labute approximate surface area is 105 Å². The van der Waals surface area contributed by atoms with E-state index in [1.807, 2.05) is 12.1 Å². The first-order chi connectivity index (χ1) is 8.70. The second-order valence-electron chi connectivity index (χ2n) is 3.99. The number of H-pyrrole nitrogens is 1. The zero-order chi connectivity index (χ0) is 13.0. The zero-order valence-electron chi connectivity index (χ0n) is 10.1. The van der Waals surface area contributed by atoms with Gasteiger partial charge in [-0.25, -0.2) is 4.98 Å². The van der Waals surface area contributed by atoms with E-state index in [1.54, 1.807) is 24.1 Å². The summed E-state index contributed by atoms with van der Waals surface area (Å²) < 4.78 is 0. The summed E-state index contributed by atoms with van der Waals surface area (Å²) >= 11 is 0. The second-order valence-corrected chi connectivity index (χ2v) is 3.99. The minimum atomic E-state index is -0.0602. The van der Waals surface area contributed by atoms with Crippen molar-refractivity contribution in [1.82, 2.24) is 20.1 Å². The Morgan fingerprint density at radius 1 is 1.39 bits per heavy atom. The smallest absolute Gasteiger partial charge is 0.254 e. The molecule has 0 radical (unpaired) electrons. The molecule has 0 atom stereocenters. The van der Waals surface area contributed by atoms with Crippen molar-refractivity contribution in [2.75, 3.05) is 7.05 Å². The number of hydrogen-bond donors (Lipinski definition) is 2. The van der Waals surface area contributed by atoms with Crippen LogP contribution in [0, 0.1) is 0 Å². The molecular formula is C12H15N5O. The molecule has 0 aliphatic heterocycles. The summed E-state index contributed by atoms with van der Waals surface area (Å²) in [4.78, 5) is 17.7. The fourth-order valence-corrected chi connectivity index (χ4v) is 1.61. The summed E-state index contributed by atoms with van der Waals surface area (Å²) in [5, 5.41) is 6.46. The van der Waals surface area contributed by atoms with Gasteiger partial charge >= 0.3 is 0 Å². The maximum atomic E-state index is 12.1. The molecule has 0 saturated heterocycles. The van der Waals surface area contributed by atoms with Gasteiger partial charge < -0.3 is 10.6 Å². The average Bonchev–Trinajstić information content (AvgIpc) is 2.91. The highest BCUT2D eigenvalue weighted by molar-refractivity contribution is 5.94. The van der Waals surface area contributed by atoms with E-state index in [4.69, 9.17) is 5.73 Å². The van der Waals surface area contributed by atoms with Crippen molar-refractivity contribution in [2.24, 2.45) is 5.73 Å². The highest BCUT2D eigenvalue weighted by Gasteiger charge is 2.12. The number of nitrogens with zero attached hydrogens (tertiary/aromatic N) is 3. The lowest BCUT2D eigenvalue weighted by Gasteiger charge is -2.15. The second kappa shape index (κ2) is 5.42. The SMILES string of the molecule is CN(Cc1ncn[nH]1)C(=O)c1ccc(CN)cc1. The van der Waals surface area contributed by atoms with Gasteiger partial charge in [-0.15, -0.1) is 0 Å². The van der Waals surface area contributed by atoms with Crippen LogP contribution < -0.4 is 5.73 Å². The molecule has 1 aromatic heterocycles. The summed E-state index contributed by atoms with van der Waals surface area (Å²) in [5.41, 5.74) is 7.15. The molecule has 6 nitrogen and oxygen atoms in total. The summed E-state index contributed by atoms with van der Waals surface area (Å²) in [5.74, 6) is 0.597. The molecule has 2 aromatic rings. The lowest BCUT2D eigenvalue weighted by atomic mass is 10.1. The first-order valence-electron chi connectivity index (χ1n) is 5.59. The summed E-state index contributed by atoms with van der Waals surface area (Å²) in [6, 6.07) is 7.27. The Morgan fingerprint density at radius 3 is 2.67 bits per heavy atom. The van der Waals surface area contributed by atoms with Crippen LogP contribution in [0.3, 0.4) is 0 Å². The molecule has 94 valence electrons. The monoisotopic (exact) mass is 245 g/mol. The molecule has 1 aromatic carbocycles. The van der Waals surface area contributed by atoms with Gasteiger partial charge in [-0.2, -0.15) is 5.10 Å². The van der Waals surface area contributed by atoms with Crippen molar-refractivity contribution in [3.8, 4) is 0 Å². The van der Waals surface area contributed by atoms with Crippen molar-refractivity contribution in [2.45, 2.75) is 13.1 Å². The van der Waals surface area contributed by atoms with E-state index in [9.17, 15) is 4.79 Å². The van der Waals surface area contributed by atoms with Crippen LogP contribution in [0.25, 0.3) is 0 Å². The summed E-state index contributed by atoms with van der Waals surface area (Å²) in [6.07, 6.45) is 1.42. The molecule has 2 rings (SSSR count). The van der Waals surface area contributed by atoms with Gasteiger partial charge in [0.15, 0.2) is 0 Å². The third-order valence-electron chi connectivity index (χ3n) is 2.64. The van der Waals surface area contributed by atoms with Crippen LogP contribution in [0.2, 0.25) is 0 Å². The largest absolute Gasteiger partial charge is 0.334 e. The summed E-state index contributed by atoms with van der Waals surface area (Å²) in [7, 11) is 1.72. The van der Waals surface area contributed by atoms with E-state index in [-0.39, 0.29) is 5.91 Å². The predicted molar refractivity (Wildman–Crippen MR) is 66.5 cm³/mol. The zero-order valence-corrected chi connectivity index (χ0v) is 10.1. The Hall–Kier alpha value is -2.21. The maximum absolute atomic E-state index is 12.1. The molecule has 18 heavy (non-hydrogen) atoms. The van der Waals surface area contributed by atoms with Crippen LogP contribution in [0.5, 0.6) is 0 Å². The fraction of sp³-hybridized carbons (Fsp3) is 0.250. The van der Waals surface area contributed by atoms with Crippen molar-refractivity contribution >= 4 is 5.91 Å². The van der Waals surface area contributed by atoms with Crippen molar-refractivity contribution in [3.05, 3.63) is 47.5 Å². The van der Waals surface area contributed by atoms with Gasteiger partial charge in [0.2, 0.25) is 0 Å². The number of benzene rings is 1. The van der Waals surface area contributed by atoms with Gasteiger partial charge in [0, 0.05) is 19.2 Å². The molecule has 6 heteroatoms. The first-order valence-corrected chi connectivity index (χ1v) is 5.59. The quantitative estimate of drug-likeness (QED) is 0.822. The molecule has 1 amide bonds. The third kappa shape index (κ3) is 2.72. The highest BCUT2D eigenvalue weighted by atomic mass is 16.2. The maximum Gasteiger partial charge on any atom is 0.254 e. The minimum absolute atomic E-state index is 0.0602. The Balaban J connectivity index is 2.05. The number of aromatic amines is 1. The summed E-state index contributed by atoms with van der Waals surface area (Å²) in [6.45, 7) is 0.875. The molecule has 0 bridgehead atoms. The Morgan fingerprint density at radius 2 is 2.11 bits per heavy atom. The molecule has 0 aliphatic carbocycles. The van der Waals surface area contributed by atoms with E-state index >= 15 is 0 Å². The molecule has 0 spiro atoms. The van der Waals surface area contributed by atoms with E-state index in [0.29, 0.717) is 24.5 Å². The minimum Gasteiger partial charge on any atom is -0.334 e. The number of hydrogen-bond acceptors (Lipinski definition) is 4. The van der Waals surface area contributed by atoms with Crippen molar-refractivity contribution in [3.63, 3.8) is 0 Å². The molecule has 1 heterocycles. The average molecular weight is 245 g/mol. The Bertz CT molecular complexity index is 506. The fourth-order valence-electron chi connectivity index (χ4n) is 1.61. The Kier molecular flexibility index (Phi) is 3.69. The number of aromatic nitrogens is 3. The molecule has 0 fully saturated rings. The van der Waals surface area contributed by atoms with Crippen LogP contribution in [0.15, 0.2) is 30.6 Å². The van der Waals surface area contributed by atoms with Gasteiger partial charge in [-0.05, 0) is 17.7 Å². The van der Waals surface area contributed by atoms with E-state index in [0.717, 1.165) is 5.56 Å². The van der Waals surface area contributed by atoms with Gasteiger partial charge in [-0.1, -0.05) is 12.1 Å². The lowest BCUT2D eigenvalue weighted by Crippen LogP contribution is -2.26. The number of carbonyl (C=O) groups is 1. The van der Waals surface area contributed by atoms with Crippen LogP contribution in [0.4, 0.5) is 0 Å². The molecule has 0 aliphatic rings.